The van der Waals surface area contributed by atoms with Gasteiger partial charge in [0, 0.05) is 0 Å². The van der Waals surface area contributed by atoms with Gasteiger partial charge in [0.1, 0.15) is 17.2 Å². The lowest BCUT2D eigenvalue weighted by atomic mass is 10.2. The van der Waals surface area contributed by atoms with Crippen molar-refractivity contribution in [3.63, 3.8) is 0 Å². The molecule has 0 aliphatic rings. The second-order valence-corrected chi connectivity index (χ2v) is 5.35. The molecule has 0 atom stereocenters. The summed E-state index contributed by atoms with van der Waals surface area (Å²) in [6.45, 7) is -1.77. The summed E-state index contributed by atoms with van der Waals surface area (Å²) in [5, 5.41) is 8.76. The number of carboxylic acid groups (broad SMARTS) is 1. The quantitative estimate of drug-likeness (QED) is 0.853. The van der Waals surface area contributed by atoms with E-state index in [-0.39, 0.29) is 5.75 Å². The first-order valence-electron chi connectivity index (χ1n) is 5.04. The lowest BCUT2D eigenvalue weighted by Crippen LogP contribution is -2.34. The molecule has 0 fully saturated rings. The normalized spacial score (nSPS) is 12.2. The molecule has 1 rings (SSSR count). The molecule has 0 amide bonds. The molecule has 112 valence electrons. The third-order valence-electron chi connectivity index (χ3n) is 2.16. The molecule has 0 radical (unpaired) electrons. The Bertz CT molecular complexity index is 612. The van der Waals surface area contributed by atoms with Crippen LogP contribution in [0, 0.1) is 0 Å². The van der Waals surface area contributed by atoms with Crippen LogP contribution >= 0.6 is 0 Å². The van der Waals surface area contributed by atoms with Gasteiger partial charge < -0.3 is 9.84 Å². The van der Waals surface area contributed by atoms with Gasteiger partial charge in [-0.05, 0) is 18.2 Å². The molecule has 0 heterocycles. The van der Waals surface area contributed by atoms with Crippen LogP contribution in [0.15, 0.2) is 23.1 Å². The van der Waals surface area contributed by atoms with Gasteiger partial charge in [-0.3, -0.25) is 0 Å². The first-order chi connectivity index (χ1) is 9.07. The Balaban J connectivity index is 3.21. The van der Waals surface area contributed by atoms with Crippen molar-refractivity contribution in [2.75, 3.05) is 13.7 Å². The van der Waals surface area contributed by atoms with E-state index in [1.54, 1.807) is 0 Å². The monoisotopic (exact) mass is 313 g/mol. The zero-order valence-electron chi connectivity index (χ0n) is 10.1. The van der Waals surface area contributed by atoms with Gasteiger partial charge in [-0.25, -0.2) is 17.9 Å². The zero-order chi connectivity index (χ0) is 15.6. The maximum absolute atomic E-state index is 12.0. The van der Waals surface area contributed by atoms with Crippen molar-refractivity contribution < 1.29 is 36.2 Å². The summed E-state index contributed by atoms with van der Waals surface area (Å²) in [6, 6.07) is 2.84. The Morgan fingerprint density at radius 3 is 2.45 bits per heavy atom. The zero-order valence-corrected chi connectivity index (χ0v) is 10.9. The molecule has 0 saturated heterocycles. The number of nitrogens with one attached hydrogen (secondary N) is 1. The minimum Gasteiger partial charge on any atom is -0.495 e. The van der Waals surface area contributed by atoms with E-state index in [0.29, 0.717) is 0 Å². The van der Waals surface area contributed by atoms with E-state index in [1.807, 2.05) is 0 Å². The minimum absolute atomic E-state index is 0.260. The van der Waals surface area contributed by atoms with Crippen molar-refractivity contribution in [2.45, 2.75) is 11.1 Å². The van der Waals surface area contributed by atoms with E-state index in [4.69, 9.17) is 9.84 Å². The number of alkyl halides is 3. The summed E-state index contributed by atoms with van der Waals surface area (Å²) in [5.74, 6) is -1.68. The molecule has 0 aliphatic carbocycles. The topological polar surface area (TPSA) is 92.7 Å². The van der Waals surface area contributed by atoms with Gasteiger partial charge in [-0.1, -0.05) is 0 Å². The molecule has 20 heavy (non-hydrogen) atoms. The van der Waals surface area contributed by atoms with Crippen LogP contribution in [-0.4, -0.2) is 39.3 Å². The molecule has 0 saturated carbocycles. The van der Waals surface area contributed by atoms with Gasteiger partial charge in [-0.15, -0.1) is 0 Å². The summed E-state index contributed by atoms with van der Waals surface area (Å²) in [5.41, 5.74) is -0.391. The molecule has 2 N–H and O–H groups in total. The third kappa shape index (κ3) is 4.10. The molecular weight excluding hydrogens is 303 g/mol. The van der Waals surface area contributed by atoms with Crippen LogP contribution in [0.25, 0.3) is 0 Å². The van der Waals surface area contributed by atoms with Gasteiger partial charge >= 0.3 is 12.1 Å². The fourth-order valence-electron chi connectivity index (χ4n) is 1.27. The summed E-state index contributed by atoms with van der Waals surface area (Å²) in [6.07, 6.45) is -4.73. The lowest BCUT2D eigenvalue weighted by molar-refractivity contribution is -0.121. The van der Waals surface area contributed by atoms with Crippen LogP contribution in [0.2, 0.25) is 0 Å². The van der Waals surface area contributed by atoms with Crippen molar-refractivity contribution in [3.8, 4) is 5.75 Å². The first-order valence-corrected chi connectivity index (χ1v) is 6.53. The summed E-state index contributed by atoms with van der Waals surface area (Å²) < 4.78 is 65.7. The fraction of sp³-hybridized carbons (Fsp3) is 0.300. The largest absolute Gasteiger partial charge is 0.495 e. The lowest BCUT2D eigenvalue weighted by Gasteiger charge is -2.12. The van der Waals surface area contributed by atoms with Crippen LogP contribution in [0.5, 0.6) is 5.75 Å². The Kier molecular flexibility index (Phi) is 4.61. The van der Waals surface area contributed by atoms with Gasteiger partial charge in [0.25, 0.3) is 0 Å². The van der Waals surface area contributed by atoms with Crippen LogP contribution < -0.4 is 9.46 Å². The maximum atomic E-state index is 12.0. The van der Waals surface area contributed by atoms with E-state index in [9.17, 15) is 26.4 Å². The fourth-order valence-corrected chi connectivity index (χ4v) is 2.48. The van der Waals surface area contributed by atoms with Gasteiger partial charge in [0.2, 0.25) is 10.0 Å². The summed E-state index contributed by atoms with van der Waals surface area (Å²) in [7, 11) is -3.44. The Labute approximate surface area is 112 Å². The SMILES string of the molecule is COc1ccc(C(=O)O)cc1S(=O)(=O)NCC(F)(F)F. The number of hydrogen-bond donors (Lipinski definition) is 2. The molecule has 0 unspecified atom stereocenters. The molecule has 0 spiro atoms. The van der Waals surface area contributed by atoms with E-state index in [0.717, 1.165) is 25.3 Å². The molecular formula is C10H10F3NO5S. The second kappa shape index (κ2) is 5.67. The summed E-state index contributed by atoms with van der Waals surface area (Å²) in [4.78, 5) is 10.1. The average Bonchev–Trinajstić information content (AvgIpc) is 2.35. The molecule has 1 aromatic carbocycles. The smallest absolute Gasteiger partial charge is 0.402 e. The number of aromatic carboxylic acids is 1. The van der Waals surface area contributed by atoms with Crippen molar-refractivity contribution in [1.29, 1.82) is 0 Å². The Morgan fingerprint density at radius 1 is 1.40 bits per heavy atom. The van der Waals surface area contributed by atoms with Crippen molar-refractivity contribution in [2.24, 2.45) is 0 Å². The minimum atomic E-state index is -4.73. The third-order valence-corrected chi connectivity index (χ3v) is 3.59. The number of carboxylic acids is 1. The second-order valence-electron chi connectivity index (χ2n) is 3.61. The number of sulfonamides is 1. The number of ether oxygens (including phenoxy) is 1. The van der Waals surface area contributed by atoms with Crippen molar-refractivity contribution in [3.05, 3.63) is 23.8 Å². The van der Waals surface area contributed by atoms with Crippen LogP contribution in [0.1, 0.15) is 10.4 Å². The molecule has 0 aromatic heterocycles. The Hall–Kier alpha value is -1.81. The number of hydrogen-bond acceptors (Lipinski definition) is 4. The Morgan fingerprint density at radius 2 is 2.00 bits per heavy atom. The van der Waals surface area contributed by atoms with E-state index < -0.39 is 39.2 Å². The molecule has 0 aliphatic heterocycles. The van der Waals surface area contributed by atoms with E-state index in [2.05, 4.69) is 0 Å². The standard InChI is InChI=1S/C10H10F3NO5S/c1-19-7-3-2-6(9(15)16)4-8(7)20(17,18)14-5-10(11,12)13/h2-4,14H,5H2,1H3,(H,15,16). The molecule has 0 bridgehead atoms. The maximum Gasteiger partial charge on any atom is 0.402 e. The highest BCUT2D eigenvalue weighted by molar-refractivity contribution is 7.89. The van der Waals surface area contributed by atoms with E-state index >= 15 is 0 Å². The molecule has 1 aromatic rings. The number of rotatable bonds is 5. The average molecular weight is 313 g/mol. The highest BCUT2D eigenvalue weighted by Crippen LogP contribution is 2.25. The number of carbonyl (C=O) groups is 1. The van der Waals surface area contributed by atoms with Gasteiger partial charge in [-0.2, -0.15) is 13.2 Å². The number of halogens is 3. The number of benzene rings is 1. The predicted molar refractivity (Wildman–Crippen MR) is 61.2 cm³/mol. The molecule has 10 heteroatoms. The molecule has 6 nitrogen and oxygen atoms in total. The summed E-state index contributed by atoms with van der Waals surface area (Å²) >= 11 is 0. The van der Waals surface area contributed by atoms with E-state index in [1.165, 1.54) is 4.72 Å². The van der Waals surface area contributed by atoms with Crippen LogP contribution in [0.4, 0.5) is 13.2 Å². The van der Waals surface area contributed by atoms with Crippen LogP contribution in [0.3, 0.4) is 0 Å². The van der Waals surface area contributed by atoms with Crippen molar-refractivity contribution >= 4 is 16.0 Å². The first kappa shape index (κ1) is 16.2. The van der Waals surface area contributed by atoms with Crippen LogP contribution in [-0.2, 0) is 10.0 Å². The van der Waals surface area contributed by atoms with Gasteiger partial charge in [0.15, 0.2) is 0 Å². The number of methoxy groups -OCH3 is 1. The van der Waals surface area contributed by atoms with Gasteiger partial charge in [0.05, 0.1) is 12.7 Å². The van der Waals surface area contributed by atoms with Crippen molar-refractivity contribution in [1.82, 2.24) is 4.72 Å². The predicted octanol–water partition coefficient (Wildman–Crippen LogP) is 1.23. The highest BCUT2D eigenvalue weighted by Gasteiger charge is 2.31. The highest BCUT2D eigenvalue weighted by atomic mass is 32.2.